The Balaban J connectivity index is 1.48. The van der Waals surface area contributed by atoms with E-state index in [1.165, 1.54) is 10.6 Å². The lowest BCUT2D eigenvalue weighted by Crippen LogP contribution is -2.59. The first kappa shape index (κ1) is 24.4. The van der Waals surface area contributed by atoms with Gasteiger partial charge < -0.3 is 14.4 Å². The van der Waals surface area contributed by atoms with Crippen LogP contribution in [0.5, 0.6) is 0 Å². The van der Waals surface area contributed by atoms with Gasteiger partial charge in [-0.15, -0.1) is 10.2 Å². The van der Waals surface area contributed by atoms with Crippen molar-refractivity contribution in [3.05, 3.63) is 22.4 Å². The predicted molar refractivity (Wildman–Crippen MR) is 128 cm³/mol. The van der Waals surface area contributed by atoms with E-state index < -0.39 is 27.0 Å². The van der Waals surface area contributed by atoms with Gasteiger partial charge in [-0.3, -0.25) is 4.40 Å². The maximum absolute atomic E-state index is 13.4. The third-order valence-electron chi connectivity index (χ3n) is 6.98. The van der Waals surface area contributed by atoms with Gasteiger partial charge in [0.2, 0.25) is 10.0 Å². The van der Waals surface area contributed by atoms with Crippen LogP contribution in [0.1, 0.15) is 31.2 Å². The molecule has 6 rings (SSSR count). The molecular weight excluding hydrogens is 538 g/mol. The minimum absolute atomic E-state index is 0.000644. The second kappa shape index (κ2) is 8.53. The van der Waals surface area contributed by atoms with Crippen molar-refractivity contribution in [2.75, 3.05) is 44.4 Å². The molecule has 1 N–H and O–H groups in total. The lowest BCUT2D eigenvalue weighted by atomic mass is 9.77. The van der Waals surface area contributed by atoms with Gasteiger partial charge in [-0.05, 0) is 25.8 Å². The van der Waals surface area contributed by atoms with Crippen LogP contribution in [0.2, 0.25) is 5.15 Å². The number of halogens is 3. The molecule has 0 radical (unpaired) electrons. The highest BCUT2D eigenvalue weighted by Crippen LogP contribution is 2.42. The first-order valence-electron chi connectivity index (χ1n) is 11.4. The zero-order valence-corrected chi connectivity index (χ0v) is 21.6. The Labute approximate surface area is 214 Å². The number of rotatable bonds is 6. The summed E-state index contributed by atoms with van der Waals surface area (Å²) in [6.07, 6.45) is 0.412. The number of hydrogen-bond acceptors (Lipinski definition) is 9. The van der Waals surface area contributed by atoms with E-state index >= 15 is 0 Å². The molecule has 10 nitrogen and oxygen atoms in total. The molecule has 3 aromatic heterocycles. The molecule has 0 aromatic carbocycles. The van der Waals surface area contributed by atoms with Crippen LogP contribution in [-0.2, 0) is 19.5 Å². The van der Waals surface area contributed by atoms with Crippen molar-refractivity contribution in [1.82, 2.24) is 24.3 Å². The van der Waals surface area contributed by atoms with Crippen LogP contribution in [0.15, 0.2) is 17.2 Å². The van der Waals surface area contributed by atoms with Crippen molar-refractivity contribution in [2.45, 2.75) is 36.6 Å². The minimum atomic E-state index is -3.97. The number of piperidine rings is 1. The summed E-state index contributed by atoms with van der Waals surface area (Å²) < 4.78 is 68.1. The molecule has 0 bridgehead atoms. The normalized spacial score (nSPS) is 21.2. The van der Waals surface area contributed by atoms with Crippen LogP contribution in [0.4, 0.5) is 14.5 Å². The number of aromatic nitrogens is 4. The fourth-order valence-corrected chi connectivity index (χ4v) is 7.18. The first-order valence-corrected chi connectivity index (χ1v) is 14.0. The van der Waals surface area contributed by atoms with E-state index in [1.54, 1.807) is 13.0 Å². The zero-order valence-electron chi connectivity index (χ0n) is 19.2. The van der Waals surface area contributed by atoms with Crippen molar-refractivity contribution >= 4 is 44.2 Å². The first-order chi connectivity index (χ1) is 17.1. The van der Waals surface area contributed by atoms with Gasteiger partial charge in [-0.1, -0.05) is 22.9 Å². The van der Waals surface area contributed by atoms with Gasteiger partial charge in [0.1, 0.15) is 10.4 Å². The Morgan fingerprint density at radius 1 is 1.17 bits per heavy atom. The number of nitrogens with one attached hydrogen (secondary N) is 1. The fraction of sp³-hybridized carbons (Fsp3) is 0.571. The summed E-state index contributed by atoms with van der Waals surface area (Å²) >= 11 is 7.26. The maximum Gasteiger partial charge on any atom is 0.291 e. The van der Waals surface area contributed by atoms with E-state index in [2.05, 4.69) is 24.8 Å². The minimum Gasteiger partial charge on any atom is -0.380 e. The highest BCUT2D eigenvalue weighted by molar-refractivity contribution is 7.89. The molecular formula is C21H23ClF2N6O4S2. The standard InChI is InChI=1S/C21H23ClF2N6O4S2/c1-20(8-33-9-20)28-36(31,32)12-6-13(29-4-2-21(3-5-29)10-34-11-21)14-15(22)25-17(30(14)7-12)19-27-26-18(35-19)16(23)24/h6-7,16,28H,2-5,8-11H2,1H3. The molecule has 0 unspecified atom stereocenters. The van der Waals surface area contributed by atoms with Gasteiger partial charge in [0.05, 0.1) is 37.7 Å². The number of hydrogen-bond donors (Lipinski definition) is 1. The van der Waals surface area contributed by atoms with E-state index in [9.17, 15) is 17.2 Å². The topological polar surface area (TPSA) is 111 Å². The average molecular weight is 561 g/mol. The number of sulfonamides is 1. The van der Waals surface area contributed by atoms with Gasteiger partial charge >= 0.3 is 0 Å². The highest BCUT2D eigenvalue weighted by Gasteiger charge is 2.42. The Bertz CT molecular complexity index is 1430. The fourth-order valence-electron chi connectivity index (χ4n) is 4.83. The van der Waals surface area contributed by atoms with Crippen molar-refractivity contribution in [3.63, 3.8) is 0 Å². The molecule has 3 aliphatic rings. The molecule has 15 heteroatoms. The Morgan fingerprint density at radius 3 is 2.42 bits per heavy atom. The molecule has 0 saturated carbocycles. The van der Waals surface area contributed by atoms with E-state index in [-0.39, 0.29) is 39.5 Å². The van der Waals surface area contributed by atoms with Crippen molar-refractivity contribution in [1.29, 1.82) is 0 Å². The summed E-state index contributed by atoms with van der Waals surface area (Å²) in [4.78, 5) is 6.47. The number of pyridine rings is 1. The number of anilines is 1. The lowest BCUT2D eigenvalue weighted by Gasteiger charge is -2.48. The van der Waals surface area contributed by atoms with Gasteiger partial charge in [-0.2, -0.15) is 0 Å². The molecule has 0 aliphatic carbocycles. The molecule has 6 heterocycles. The number of fused-ring (bicyclic) bond motifs is 1. The third-order valence-corrected chi connectivity index (χ3v) is 9.77. The molecule has 3 fully saturated rings. The second-order valence-corrected chi connectivity index (χ2v) is 12.9. The number of imidazole rings is 1. The maximum atomic E-state index is 13.4. The van der Waals surface area contributed by atoms with Gasteiger partial charge in [-0.25, -0.2) is 26.9 Å². The van der Waals surface area contributed by atoms with Crippen LogP contribution in [0.25, 0.3) is 16.3 Å². The zero-order chi connectivity index (χ0) is 25.3. The monoisotopic (exact) mass is 560 g/mol. The Kier molecular flexibility index (Phi) is 5.77. The largest absolute Gasteiger partial charge is 0.380 e. The molecule has 36 heavy (non-hydrogen) atoms. The average Bonchev–Trinajstić information content (AvgIpc) is 3.41. The van der Waals surface area contributed by atoms with Crippen LogP contribution in [-0.4, -0.2) is 73.1 Å². The SMILES string of the molecule is CC1(NS(=O)(=O)c2cc(N3CCC4(CC3)COC4)c3c(Cl)nc(-c4nnc(C(F)F)s4)n3c2)COC1. The van der Waals surface area contributed by atoms with Crippen LogP contribution in [0.3, 0.4) is 0 Å². The number of nitrogens with zero attached hydrogens (tertiary/aromatic N) is 5. The highest BCUT2D eigenvalue weighted by atomic mass is 35.5. The Morgan fingerprint density at radius 2 is 1.86 bits per heavy atom. The summed E-state index contributed by atoms with van der Waals surface area (Å²) in [7, 11) is -3.97. The summed E-state index contributed by atoms with van der Waals surface area (Å²) in [6.45, 7) is 5.14. The van der Waals surface area contributed by atoms with Crippen LogP contribution in [0, 0.1) is 5.41 Å². The summed E-state index contributed by atoms with van der Waals surface area (Å²) in [6, 6.07) is 1.60. The van der Waals surface area contributed by atoms with E-state index in [1.807, 2.05) is 0 Å². The quantitative estimate of drug-likeness (QED) is 0.489. The summed E-state index contributed by atoms with van der Waals surface area (Å²) in [5.41, 5.74) is 0.546. The van der Waals surface area contributed by atoms with E-state index in [0.29, 0.717) is 35.6 Å². The molecule has 0 amide bonds. The molecule has 194 valence electrons. The van der Waals surface area contributed by atoms with Crippen molar-refractivity contribution < 1.29 is 26.7 Å². The molecule has 3 aliphatic heterocycles. The molecule has 1 spiro atoms. The van der Waals surface area contributed by atoms with Gasteiger partial charge in [0.25, 0.3) is 6.43 Å². The van der Waals surface area contributed by atoms with E-state index in [0.717, 1.165) is 26.1 Å². The van der Waals surface area contributed by atoms with Crippen molar-refractivity contribution in [3.8, 4) is 10.8 Å². The lowest BCUT2D eigenvalue weighted by molar-refractivity contribution is -0.124. The summed E-state index contributed by atoms with van der Waals surface area (Å²) in [5, 5.41) is 7.19. The number of alkyl halides is 2. The molecule has 3 saturated heterocycles. The van der Waals surface area contributed by atoms with Crippen LogP contribution >= 0.6 is 22.9 Å². The summed E-state index contributed by atoms with van der Waals surface area (Å²) in [5.74, 6) is 0.150. The van der Waals surface area contributed by atoms with E-state index in [4.69, 9.17) is 21.1 Å². The van der Waals surface area contributed by atoms with Gasteiger partial charge in [0.15, 0.2) is 21.0 Å². The van der Waals surface area contributed by atoms with Gasteiger partial charge in [0, 0.05) is 24.7 Å². The smallest absolute Gasteiger partial charge is 0.291 e. The molecule has 0 atom stereocenters. The number of ether oxygens (including phenoxy) is 2. The predicted octanol–water partition coefficient (Wildman–Crippen LogP) is 3.13. The third kappa shape index (κ3) is 4.07. The van der Waals surface area contributed by atoms with Crippen molar-refractivity contribution in [2.24, 2.45) is 5.41 Å². The van der Waals surface area contributed by atoms with Crippen LogP contribution < -0.4 is 9.62 Å². The Hall–Kier alpha value is -1.97. The molecule has 3 aromatic rings. The second-order valence-electron chi connectivity index (χ2n) is 9.89.